The number of hydrogen-bond acceptors (Lipinski definition) is 4. The van der Waals surface area contributed by atoms with Crippen molar-refractivity contribution in [3.05, 3.63) is 0 Å². The Morgan fingerprint density at radius 1 is 0.765 bits per heavy atom. The summed E-state index contributed by atoms with van der Waals surface area (Å²) in [5.74, 6) is -15.1. The number of alkyl halides is 9. The van der Waals surface area contributed by atoms with E-state index in [9.17, 15) is 56.3 Å². The Balaban J connectivity index is 5.44. The maximum absolute atomic E-state index is 13.9. The minimum Gasteiger partial charge on any atom is -0.324 e. The molecule has 7 nitrogen and oxygen atoms in total. The predicted octanol–water partition coefficient (Wildman–Crippen LogP) is 3.59. The van der Waals surface area contributed by atoms with Crippen LogP contribution >= 0.6 is 0 Å². The molecule has 18 heteroatoms. The summed E-state index contributed by atoms with van der Waals surface area (Å²) in [7, 11) is -10.5. The second kappa shape index (κ2) is 11.0. The van der Waals surface area contributed by atoms with Gasteiger partial charge in [-0.25, -0.2) is 8.42 Å². The second-order valence-corrected chi connectivity index (χ2v) is 11.4. The van der Waals surface area contributed by atoms with Crippen LogP contribution in [0.25, 0.3) is 0 Å². The average Bonchev–Trinajstić information content (AvgIpc) is 2.67. The molecule has 0 aromatic heterocycles. The van der Waals surface area contributed by atoms with Crippen LogP contribution in [0.2, 0.25) is 0 Å². The van der Waals surface area contributed by atoms with Crippen molar-refractivity contribution in [3.63, 3.8) is 0 Å². The smallest absolute Gasteiger partial charge is 0.324 e. The van der Waals surface area contributed by atoms with E-state index in [1.54, 1.807) is 13.8 Å². The topological polar surface area (TPSA) is 91.8 Å². The quantitative estimate of drug-likeness (QED) is 0.142. The molecule has 1 N–H and O–H groups in total. The van der Waals surface area contributed by atoms with E-state index in [1.165, 1.54) is 0 Å². The van der Waals surface area contributed by atoms with Gasteiger partial charge in [-0.2, -0.15) is 52.2 Å². The third-order valence-corrected chi connectivity index (χ3v) is 8.29. The van der Waals surface area contributed by atoms with Crippen LogP contribution in [0.5, 0.6) is 0 Å². The highest BCUT2D eigenvalue weighted by Crippen LogP contribution is 2.55. The molecule has 0 spiro atoms. The van der Waals surface area contributed by atoms with E-state index >= 15 is 0 Å². The molecule has 0 atom stereocenters. The second-order valence-electron chi connectivity index (χ2n) is 7.76. The molecule has 0 aromatic carbocycles. The number of nitrogens with zero attached hydrogens (tertiary/aromatic N) is 2. The summed E-state index contributed by atoms with van der Waals surface area (Å²) in [4.78, 5) is 0. The van der Waals surface area contributed by atoms with E-state index in [0.29, 0.717) is 33.1 Å². The van der Waals surface area contributed by atoms with E-state index in [4.69, 9.17) is 4.55 Å². The first kappa shape index (κ1) is 33.1. The molecule has 206 valence electrons. The molecule has 0 saturated heterocycles. The first-order valence-electron chi connectivity index (χ1n) is 9.92. The minimum atomic E-state index is -7.32. The largest absolute Gasteiger partial charge is 0.460 e. The summed E-state index contributed by atoms with van der Waals surface area (Å²) >= 11 is 0. The Morgan fingerprint density at radius 2 is 1.21 bits per heavy atom. The van der Waals surface area contributed by atoms with Crippen LogP contribution in [0.15, 0.2) is 0 Å². The molecule has 0 rings (SSSR count). The van der Waals surface area contributed by atoms with Gasteiger partial charge in [0.05, 0.1) is 31.9 Å². The first-order chi connectivity index (χ1) is 15.0. The Bertz CT molecular complexity index is 874. The van der Waals surface area contributed by atoms with Crippen molar-refractivity contribution >= 4 is 20.1 Å². The number of rotatable bonds is 15. The van der Waals surface area contributed by atoms with Gasteiger partial charge in [0.2, 0.25) is 0 Å². The maximum atomic E-state index is 13.9. The average molecular weight is 564 g/mol. The molecule has 0 unspecified atom stereocenters. The Kier molecular flexibility index (Phi) is 10.8. The highest BCUT2D eigenvalue weighted by atomic mass is 32.2. The first-order valence-corrected chi connectivity index (χ1v) is 13.0. The van der Waals surface area contributed by atoms with Gasteiger partial charge in [-0.15, -0.1) is 0 Å². The summed E-state index contributed by atoms with van der Waals surface area (Å²) in [5.41, 5.74) is 0. The summed E-state index contributed by atoms with van der Waals surface area (Å²) < 4.78 is 171. The van der Waals surface area contributed by atoms with Crippen LogP contribution in [-0.4, -0.2) is 99.0 Å². The molecule has 0 aromatic rings. The zero-order valence-electron chi connectivity index (χ0n) is 18.6. The molecule has 0 heterocycles. The summed E-state index contributed by atoms with van der Waals surface area (Å²) in [6.45, 7) is 3.73. The van der Waals surface area contributed by atoms with E-state index in [0.717, 1.165) is 0 Å². The number of unbranched alkanes of at least 4 members (excludes halogenated alkanes) is 1. The van der Waals surface area contributed by atoms with Gasteiger partial charge < -0.3 is 4.48 Å². The van der Waals surface area contributed by atoms with Gasteiger partial charge in [-0.1, -0.05) is 0 Å². The summed E-state index contributed by atoms with van der Waals surface area (Å²) in [6.07, 6.45) is -7.01. The summed E-state index contributed by atoms with van der Waals surface area (Å²) in [5, 5.41) is -6.77. The van der Waals surface area contributed by atoms with Crippen molar-refractivity contribution in [1.29, 1.82) is 0 Å². The number of hydrogen-bond donors (Lipinski definition) is 1. The normalized spacial score (nSPS) is 15.2. The Labute approximate surface area is 192 Å². The van der Waals surface area contributed by atoms with Crippen LogP contribution in [0, 0.1) is 0 Å². The third-order valence-electron chi connectivity index (χ3n) is 5.58. The number of halogens is 9. The predicted molar refractivity (Wildman–Crippen MR) is 104 cm³/mol. The molecule has 0 fully saturated rings. The lowest BCUT2D eigenvalue weighted by Gasteiger charge is -2.38. The van der Waals surface area contributed by atoms with E-state index in [-0.39, 0.29) is 23.9 Å². The lowest BCUT2D eigenvalue weighted by Crippen LogP contribution is -2.65. The molecule has 0 bridgehead atoms. The summed E-state index contributed by atoms with van der Waals surface area (Å²) in [6, 6.07) is 0. The molecule has 34 heavy (non-hydrogen) atoms. The molecule has 0 aliphatic carbocycles. The fourth-order valence-electron chi connectivity index (χ4n) is 3.17. The zero-order valence-corrected chi connectivity index (χ0v) is 20.2. The van der Waals surface area contributed by atoms with Gasteiger partial charge in [0.1, 0.15) is 0 Å². The molecular formula is C16H28F9N2O5S2+. The van der Waals surface area contributed by atoms with Gasteiger partial charge in [-0.3, -0.25) is 4.55 Å². The van der Waals surface area contributed by atoms with E-state index in [2.05, 4.69) is 0 Å². The SMILES string of the molecule is CC[N+](CC)(CCCCS(=O)(=O)O)CCCN(C)S(=O)(=O)C(F)(F)C(F)(F)C(F)(F)C(F)(F)F. The van der Waals surface area contributed by atoms with Crippen LogP contribution < -0.4 is 0 Å². The third kappa shape index (κ3) is 7.10. The number of sulfonamides is 1. The van der Waals surface area contributed by atoms with Gasteiger partial charge in [0.25, 0.3) is 20.1 Å². The fourth-order valence-corrected chi connectivity index (χ4v) is 4.95. The Hall–Kier alpha value is -0.850. The minimum absolute atomic E-state index is 0.0689. The van der Waals surface area contributed by atoms with Gasteiger partial charge >= 0.3 is 23.3 Å². The van der Waals surface area contributed by atoms with E-state index < -0.39 is 60.0 Å². The highest BCUT2D eigenvalue weighted by molar-refractivity contribution is 7.90. The van der Waals surface area contributed by atoms with Crippen molar-refractivity contribution in [1.82, 2.24) is 4.31 Å². The molecule has 0 radical (unpaired) electrons. The Morgan fingerprint density at radius 3 is 1.59 bits per heavy atom. The van der Waals surface area contributed by atoms with Gasteiger partial charge in [0, 0.05) is 20.0 Å². The maximum Gasteiger partial charge on any atom is 0.460 e. The van der Waals surface area contributed by atoms with Gasteiger partial charge in [0.15, 0.2) is 0 Å². The molecule has 0 aliphatic rings. The lowest BCUT2D eigenvalue weighted by molar-refractivity contribution is -0.925. The van der Waals surface area contributed by atoms with Crippen LogP contribution in [-0.2, 0) is 20.1 Å². The fraction of sp³-hybridized carbons (Fsp3) is 1.00. The zero-order chi connectivity index (χ0) is 27.4. The van der Waals surface area contributed by atoms with Gasteiger partial charge in [-0.05, 0) is 26.7 Å². The highest BCUT2D eigenvalue weighted by Gasteiger charge is 2.85. The van der Waals surface area contributed by atoms with Crippen molar-refractivity contribution in [2.24, 2.45) is 0 Å². The van der Waals surface area contributed by atoms with Crippen molar-refractivity contribution in [2.75, 3.05) is 45.5 Å². The lowest BCUT2D eigenvalue weighted by atomic mass is 10.1. The van der Waals surface area contributed by atoms with E-state index in [1.807, 2.05) is 0 Å². The van der Waals surface area contributed by atoms with Crippen LogP contribution in [0.4, 0.5) is 39.5 Å². The monoisotopic (exact) mass is 563 g/mol. The van der Waals surface area contributed by atoms with Crippen molar-refractivity contribution < 1.29 is 65.4 Å². The van der Waals surface area contributed by atoms with Crippen LogP contribution in [0.3, 0.4) is 0 Å². The number of quaternary nitrogens is 1. The molecule has 0 saturated carbocycles. The standard InChI is InChI=1S/C16H27F9N2O5S2/c1-4-27(5-2,10-6-7-12-33(28,29)30)11-8-9-26(3)34(31,32)16(24,25)14(19,20)13(17,18)15(21,22)23/h4-12H2,1-3H3/p+1. The van der Waals surface area contributed by atoms with Crippen molar-refractivity contribution in [3.8, 4) is 0 Å². The van der Waals surface area contributed by atoms with Crippen LogP contribution in [0.1, 0.15) is 33.1 Å². The molecule has 0 amide bonds. The molecule has 0 aliphatic heterocycles. The molecular weight excluding hydrogens is 535 g/mol. The van der Waals surface area contributed by atoms with Crippen molar-refractivity contribution in [2.45, 2.75) is 56.4 Å².